The molecule has 0 spiro atoms. The molecular formula is C13H19FN2OS. The van der Waals surface area contributed by atoms with E-state index < -0.39 is 5.82 Å². The Morgan fingerprint density at radius 2 is 2.17 bits per heavy atom. The lowest BCUT2D eigenvalue weighted by Gasteiger charge is -2.26. The molecule has 0 aromatic heterocycles. The smallest absolute Gasteiger partial charge is 0.135 e. The molecule has 0 saturated carbocycles. The fourth-order valence-electron chi connectivity index (χ4n) is 1.84. The number of hydrogen-bond donors (Lipinski definition) is 2. The molecule has 1 rings (SSSR count). The Labute approximate surface area is 112 Å². The second-order valence-electron chi connectivity index (χ2n) is 4.06. The first-order valence-electron chi connectivity index (χ1n) is 6.06. The van der Waals surface area contributed by atoms with Crippen LogP contribution in [0.2, 0.25) is 0 Å². The Bertz CT molecular complexity index is 412. The average Bonchev–Trinajstić information content (AvgIpc) is 2.33. The molecule has 3 nitrogen and oxygen atoms in total. The van der Waals surface area contributed by atoms with Crippen molar-refractivity contribution in [3.05, 3.63) is 29.6 Å². The molecule has 0 atom stereocenters. The fourth-order valence-corrected chi connectivity index (χ4v) is 2.04. The summed E-state index contributed by atoms with van der Waals surface area (Å²) in [6.45, 7) is 3.28. The van der Waals surface area contributed by atoms with Crippen LogP contribution in [-0.4, -0.2) is 29.8 Å². The van der Waals surface area contributed by atoms with Crippen LogP contribution in [0, 0.1) is 5.82 Å². The van der Waals surface area contributed by atoms with Crippen LogP contribution in [0.4, 0.5) is 10.1 Å². The standard InChI is InChI=1S/C13H19FN2OS/c1-2-3-7-16(8-9-17)11-6-4-5-10(14)12(11)13(15)18/h4-6,17H,2-3,7-9H2,1H3,(H2,15,18). The molecule has 0 amide bonds. The number of benzene rings is 1. The van der Waals surface area contributed by atoms with Gasteiger partial charge in [-0.3, -0.25) is 0 Å². The molecule has 0 heterocycles. The lowest BCUT2D eigenvalue weighted by Crippen LogP contribution is -2.30. The summed E-state index contributed by atoms with van der Waals surface area (Å²) in [5.74, 6) is -0.417. The molecule has 0 bridgehead atoms. The van der Waals surface area contributed by atoms with Gasteiger partial charge in [0.05, 0.1) is 12.2 Å². The van der Waals surface area contributed by atoms with Crippen molar-refractivity contribution >= 4 is 22.9 Å². The zero-order valence-corrected chi connectivity index (χ0v) is 11.3. The van der Waals surface area contributed by atoms with Gasteiger partial charge in [-0.2, -0.15) is 0 Å². The second-order valence-corrected chi connectivity index (χ2v) is 4.50. The third kappa shape index (κ3) is 3.65. The summed E-state index contributed by atoms with van der Waals surface area (Å²) in [6.07, 6.45) is 1.99. The third-order valence-corrected chi connectivity index (χ3v) is 2.93. The Morgan fingerprint density at radius 1 is 1.44 bits per heavy atom. The van der Waals surface area contributed by atoms with E-state index in [2.05, 4.69) is 6.92 Å². The summed E-state index contributed by atoms with van der Waals surface area (Å²) in [6, 6.07) is 4.75. The van der Waals surface area contributed by atoms with Crippen LogP contribution < -0.4 is 10.6 Å². The molecule has 0 unspecified atom stereocenters. The molecule has 18 heavy (non-hydrogen) atoms. The molecule has 1 aromatic carbocycles. The predicted molar refractivity (Wildman–Crippen MR) is 76.5 cm³/mol. The van der Waals surface area contributed by atoms with E-state index in [0.29, 0.717) is 12.2 Å². The van der Waals surface area contributed by atoms with E-state index in [9.17, 15) is 4.39 Å². The van der Waals surface area contributed by atoms with Gasteiger partial charge in [-0.1, -0.05) is 31.6 Å². The van der Waals surface area contributed by atoms with Crippen LogP contribution in [0.1, 0.15) is 25.3 Å². The number of thiocarbonyl (C=S) groups is 1. The Kier molecular flexibility index (Phi) is 6.01. The molecule has 0 fully saturated rings. The molecule has 0 saturated heterocycles. The number of halogens is 1. The van der Waals surface area contributed by atoms with Gasteiger partial charge in [0.1, 0.15) is 10.8 Å². The summed E-state index contributed by atoms with van der Waals surface area (Å²) >= 11 is 4.90. The molecular weight excluding hydrogens is 251 g/mol. The molecule has 0 aliphatic carbocycles. The molecule has 0 aliphatic rings. The van der Waals surface area contributed by atoms with E-state index in [-0.39, 0.29) is 17.2 Å². The highest BCUT2D eigenvalue weighted by molar-refractivity contribution is 7.80. The van der Waals surface area contributed by atoms with E-state index >= 15 is 0 Å². The predicted octanol–water partition coefficient (Wildman–Crippen LogP) is 2.06. The largest absolute Gasteiger partial charge is 0.395 e. The fraction of sp³-hybridized carbons (Fsp3) is 0.462. The summed E-state index contributed by atoms with van der Waals surface area (Å²) in [7, 11) is 0. The highest BCUT2D eigenvalue weighted by Gasteiger charge is 2.16. The van der Waals surface area contributed by atoms with Crippen molar-refractivity contribution in [1.82, 2.24) is 0 Å². The van der Waals surface area contributed by atoms with Gasteiger partial charge >= 0.3 is 0 Å². The van der Waals surface area contributed by atoms with E-state index in [4.69, 9.17) is 23.1 Å². The van der Waals surface area contributed by atoms with Crippen molar-refractivity contribution in [3.63, 3.8) is 0 Å². The number of hydrogen-bond acceptors (Lipinski definition) is 3. The van der Waals surface area contributed by atoms with Gasteiger partial charge in [0.2, 0.25) is 0 Å². The highest BCUT2D eigenvalue weighted by Crippen LogP contribution is 2.23. The Hall–Kier alpha value is -1.20. The highest BCUT2D eigenvalue weighted by atomic mass is 32.1. The number of aliphatic hydroxyl groups excluding tert-OH is 1. The number of unbranched alkanes of at least 4 members (excludes halogenated alkanes) is 1. The lowest BCUT2D eigenvalue weighted by atomic mass is 10.1. The number of anilines is 1. The van der Waals surface area contributed by atoms with E-state index in [0.717, 1.165) is 19.4 Å². The zero-order valence-electron chi connectivity index (χ0n) is 10.5. The minimum atomic E-state index is -0.417. The van der Waals surface area contributed by atoms with Gasteiger partial charge in [-0.05, 0) is 18.6 Å². The normalized spacial score (nSPS) is 10.4. The van der Waals surface area contributed by atoms with Crippen LogP contribution in [0.3, 0.4) is 0 Å². The van der Waals surface area contributed by atoms with Crippen LogP contribution in [0.25, 0.3) is 0 Å². The maximum Gasteiger partial charge on any atom is 0.135 e. The minimum absolute atomic E-state index is 0.0109. The minimum Gasteiger partial charge on any atom is -0.395 e. The van der Waals surface area contributed by atoms with Gasteiger partial charge in [0.25, 0.3) is 0 Å². The Balaban J connectivity index is 3.10. The van der Waals surface area contributed by atoms with Crippen LogP contribution in [0.15, 0.2) is 18.2 Å². The lowest BCUT2D eigenvalue weighted by molar-refractivity contribution is 0.301. The molecule has 100 valence electrons. The Morgan fingerprint density at radius 3 is 2.72 bits per heavy atom. The van der Waals surface area contributed by atoms with Crippen LogP contribution in [0.5, 0.6) is 0 Å². The van der Waals surface area contributed by atoms with Gasteiger partial charge in [-0.25, -0.2) is 4.39 Å². The average molecular weight is 270 g/mol. The number of aliphatic hydroxyl groups is 1. The van der Waals surface area contributed by atoms with Gasteiger partial charge in [0.15, 0.2) is 0 Å². The van der Waals surface area contributed by atoms with Crippen molar-refractivity contribution in [2.75, 3.05) is 24.6 Å². The van der Waals surface area contributed by atoms with E-state index in [1.54, 1.807) is 12.1 Å². The zero-order chi connectivity index (χ0) is 13.5. The maximum absolute atomic E-state index is 13.8. The van der Waals surface area contributed by atoms with Crippen LogP contribution >= 0.6 is 12.2 Å². The van der Waals surface area contributed by atoms with Gasteiger partial charge < -0.3 is 15.7 Å². The SMILES string of the molecule is CCCCN(CCO)c1cccc(F)c1C(N)=S. The molecule has 5 heteroatoms. The first-order valence-corrected chi connectivity index (χ1v) is 6.46. The first-order chi connectivity index (χ1) is 8.61. The summed E-state index contributed by atoms with van der Waals surface area (Å²) < 4.78 is 13.8. The van der Waals surface area contributed by atoms with Crippen molar-refractivity contribution in [2.24, 2.45) is 5.73 Å². The van der Waals surface area contributed by atoms with Crippen LogP contribution in [-0.2, 0) is 0 Å². The second kappa shape index (κ2) is 7.28. The van der Waals surface area contributed by atoms with Crippen molar-refractivity contribution in [2.45, 2.75) is 19.8 Å². The number of rotatable bonds is 7. The van der Waals surface area contributed by atoms with Gasteiger partial charge in [0, 0.05) is 18.8 Å². The summed E-state index contributed by atoms with van der Waals surface area (Å²) in [5.41, 5.74) is 6.50. The van der Waals surface area contributed by atoms with Crippen molar-refractivity contribution < 1.29 is 9.50 Å². The molecule has 0 aliphatic heterocycles. The maximum atomic E-state index is 13.8. The summed E-state index contributed by atoms with van der Waals surface area (Å²) in [4.78, 5) is 1.96. The number of nitrogens with zero attached hydrogens (tertiary/aromatic N) is 1. The van der Waals surface area contributed by atoms with E-state index in [1.165, 1.54) is 6.07 Å². The van der Waals surface area contributed by atoms with Gasteiger partial charge in [-0.15, -0.1) is 0 Å². The van der Waals surface area contributed by atoms with E-state index in [1.807, 2.05) is 4.90 Å². The van der Waals surface area contributed by atoms with Crippen molar-refractivity contribution in [1.29, 1.82) is 0 Å². The number of nitrogens with two attached hydrogens (primary N) is 1. The molecule has 0 radical (unpaired) electrons. The molecule has 3 N–H and O–H groups in total. The summed E-state index contributed by atoms with van der Waals surface area (Å²) in [5, 5.41) is 9.10. The molecule has 1 aromatic rings. The third-order valence-electron chi connectivity index (χ3n) is 2.73. The monoisotopic (exact) mass is 270 g/mol. The first kappa shape index (κ1) is 14.9. The van der Waals surface area contributed by atoms with Crippen molar-refractivity contribution in [3.8, 4) is 0 Å². The topological polar surface area (TPSA) is 49.5 Å². The quantitative estimate of drug-likeness (QED) is 0.745.